The van der Waals surface area contributed by atoms with Gasteiger partial charge >= 0.3 is 0 Å². The van der Waals surface area contributed by atoms with Gasteiger partial charge in [0, 0.05) is 0 Å². The summed E-state index contributed by atoms with van der Waals surface area (Å²) in [4.78, 5) is 12.5. The number of para-hydroxylation sites is 1. The minimum Gasteiger partial charge on any atom is -0.322 e. The molecule has 0 atom stereocenters. The fourth-order valence-corrected chi connectivity index (χ4v) is 2.71. The van der Waals surface area contributed by atoms with Crippen LogP contribution in [-0.4, -0.2) is 5.91 Å². The highest BCUT2D eigenvalue weighted by atomic mass is 35.5. The molecule has 1 rings (SSSR count). The quantitative estimate of drug-likeness (QED) is 0.799. The van der Waals surface area contributed by atoms with Crippen LogP contribution in [0.1, 0.15) is 39.5 Å². The van der Waals surface area contributed by atoms with Gasteiger partial charge < -0.3 is 5.32 Å². The van der Waals surface area contributed by atoms with Gasteiger partial charge in [-0.2, -0.15) is 5.26 Å². The van der Waals surface area contributed by atoms with Crippen molar-refractivity contribution in [2.75, 3.05) is 5.32 Å². The van der Waals surface area contributed by atoms with Crippen molar-refractivity contribution in [1.29, 1.82) is 5.26 Å². The van der Waals surface area contributed by atoms with Gasteiger partial charge in [-0.05, 0) is 25.0 Å². The van der Waals surface area contributed by atoms with Gasteiger partial charge in [0.25, 0.3) is 0 Å². The number of anilines is 1. The van der Waals surface area contributed by atoms with Crippen LogP contribution in [0, 0.1) is 16.7 Å². The van der Waals surface area contributed by atoms with E-state index in [0.29, 0.717) is 28.6 Å². The van der Waals surface area contributed by atoms with Gasteiger partial charge in [0.05, 0.1) is 21.8 Å². The topological polar surface area (TPSA) is 52.9 Å². The predicted molar refractivity (Wildman–Crippen MR) is 83.0 cm³/mol. The van der Waals surface area contributed by atoms with Crippen molar-refractivity contribution < 1.29 is 4.79 Å². The lowest BCUT2D eigenvalue weighted by Crippen LogP contribution is -2.35. The molecule has 5 heteroatoms. The summed E-state index contributed by atoms with van der Waals surface area (Å²) >= 11 is 12.1. The summed E-state index contributed by atoms with van der Waals surface area (Å²) in [5, 5.41) is 12.9. The van der Waals surface area contributed by atoms with Gasteiger partial charge in [0.2, 0.25) is 5.91 Å². The first-order chi connectivity index (χ1) is 9.50. The number of carbonyl (C=O) groups is 1. The van der Waals surface area contributed by atoms with Crippen LogP contribution >= 0.6 is 23.2 Å². The maximum atomic E-state index is 12.5. The highest BCUT2D eigenvalue weighted by molar-refractivity contribution is 6.39. The Hall–Kier alpha value is -1.24. The normalized spacial score (nSPS) is 10.9. The zero-order valence-corrected chi connectivity index (χ0v) is 13.2. The second-order valence-electron chi connectivity index (χ2n) is 4.74. The number of hydrogen-bond acceptors (Lipinski definition) is 2. The standard InChI is InChI=1S/C15H18Cl2N2O/c1-3-8-15(10-18,9-4-2)14(20)19-13-11(16)6-5-7-12(13)17/h5-7H,3-4,8-9H2,1-2H3,(H,19,20). The Morgan fingerprint density at radius 3 is 2.15 bits per heavy atom. The summed E-state index contributed by atoms with van der Waals surface area (Å²) < 4.78 is 0. The van der Waals surface area contributed by atoms with Crippen molar-refractivity contribution in [3.63, 3.8) is 0 Å². The number of carbonyl (C=O) groups excluding carboxylic acids is 1. The molecule has 0 radical (unpaired) electrons. The lowest BCUT2D eigenvalue weighted by atomic mass is 9.79. The molecule has 0 saturated heterocycles. The van der Waals surface area contributed by atoms with Crippen LogP contribution in [0.25, 0.3) is 0 Å². The Morgan fingerprint density at radius 2 is 1.75 bits per heavy atom. The number of amides is 1. The van der Waals surface area contributed by atoms with Gasteiger partial charge in [-0.15, -0.1) is 0 Å². The Kier molecular flexibility index (Phi) is 6.32. The Morgan fingerprint density at radius 1 is 1.25 bits per heavy atom. The summed E-state index contributed by atoms with van der Waals surface area (Å²) in [6, 6.07) is 7.18. The molecule has 0 saturated carbocycles. The summed E-state index contributed by atoms with van der Waals surface area (Å²) in [5.41, 5.74) is -0.654. The van der Waals surface area contributed by atoms with Crippen LogP contribution in [0.2, 0.25) is 10.0 Å². The Bertz CT molecular complexity index is 497. The van der Waals surface area contributed by atoms with Crippen LogP contribution in [-0.2, 0) is 4.79 Å². The van der Waals surface area contributed by atoms with E-state index in [2.05, 4.69) is 11.4 Å². The van der Waals surface area contributed by atoms with Crippen LogP contribution < -0.4 is 5.32 Å². The second kappa shape index (κ2) is 7.52. The van der Waals surface area contributed by atoms with E-state index in [-0.39, 0.29) is 5.91 Å². The van der Waals surface area contributed by atoms with Crippen molar-refractivity contribution >= 4 is 34.8 Å². The Balaban J connectivity index is 3.06. The van der Waals surface area contributed by atoms with Gasteiger partial charge in [0.1, 0.15) is 5.41 Å². The van der Waals surface area contributed by atoms with Gasteiger partial charge in [-0.25, -0.2) is 0 Å². The third kappa shape index (κ3) is 3.65. The third-order valence-electron chi connectivity index (χ3n) is 3.20. The lowest BCUT2D eigenvalue weighted by Gasteiger charge is -2.25. The zero-order chi connectivity index (χ0) is 15.2. The van der Waals surface area contributed by atoms with Crippen molar-refractivity contribution in [3.05, 3.63) is 28.2 Å². The molecule has 0 spiro atoms. The molecule has 0 unspecified atom stereocenters. The number of rotatable bonds is 6. The number of benzene rings is 1. The molecule has 0 heterocycles. The zero-order valence-electron chi connectivity index (χ0n) is 11.7. The molecule has 3 nitrogen and oxygen atoms in total. The summed E-state index contributed by atoms with van der Waals surface area (Å²) in [6.07, 6.45) is 2.56. The molecule has 0 fully saturated rings. The number of halogens is 2. The van der Waals surface area contributed by atoms with Crippen LogP contribution in [0.3, 0.4) is 0 Å². The molecule has 108 valence electrons. The number of nitriles is 1. The van der Waals surface area contributed by atoms with E-state index in [9.17, 15) is 10.1 Å². The van der Waals surface area contributed by atoms with Crippen LogP contribution in [0.5, 0.6) is 0 Å². The minimum atomic E-state index is -1.02. The van der Waals surface area contributed by atoms with Crippen molar-refractivity contribution in [2.24, 2.45) is 5.41 Å². The third-order valence-corrected chi connectivity index (χ3v) is 3.83. The molecule has 1 aromatic rings. The van der Waals surface area contributed by atoms with Gasteiger partial charge in [0.15, 0.2) is 0 Å². The van der Waals surface area contributed by atoms with E-state index in [0.717, 1.165) is 12.8 Å². The maximum absolute atomic E-state index is 12.5. The molecule has 0 aliphatic heterocycles. The predicted octanol–water partition coefficient (Wildman–Crippen LogP) is 5.04. The first kappa shape index (κ1) is 16.8. The lowest BCUT2D eigenvalue weighted by molar-refractivity contribution is -0.123. The number of nitrogens with one attached hydrogen (secondary N) is 1. The highest BCUT2D eigenvalue weighted by Crippen LogP contribution is 2.35. The summed E-state index contributed by atoms with van der Waals surface area (Å²) in [5.74, 6) is -0.335. The molecule has 1 amide bonds. The van der Waals surface area contributed by atoms with Gasteiger partial charge in [-0.3, -0.25) is 4.79 Å². The van der Waals surface area contributed by atoms with Crippen molar-refractivity contribution in [3.8, 4) is 6.07 Å². The summed E-state index contributed by atoms with van der Waals surface area (Å²) in [7, 11) is 0. The van der Waals surface area contributed by atoms with E-state index in [1.54, 1.807) is 18.2 Å². The Labute approximate surface area is 129 Å². The molecule has 0 bridgehead atoms. The highest BCUT2D eigenvalue weighted by Gasteiger charge is 2.37. The van der Waals surface area contributed by atoms with E-state index in [1.165, 1.54) is 0 Å². The molecule has 1 aromatic carbocycles. The SMILES string of the molecule is CCCC(C#N)(CCC)C(=O)Nc1c(Cl)cccc1Cl. The minimum absolute atomic E-state index is 0.335. The van der Waals surface area contributed by atoms with E-state index in [4.69, 9.17) is 23.2 Å². The fourth-order valence-electron chi connectivity index (χ4n) is 2.22. The van der Waals surface area contributed by atoms with Crippen molar-refractivity contribution in [2.45, 2.75) is 39.5 Å². The monoisotopic (exact) mass is 312 g/mol. The largest absolute Gasteiger partial charge is 0.322 e. The molecule has 1 N–H and O–H groups in total. The second-order valence-corrected chi connectivity index (χ2v) is 5.56. The van der Waals surface area contributed by atoms with E-state index in [1.807, 2.05) is 13.8 Å². The van der Waals surface area contributed by atoms with Crippen molar-refractivity contribution in [1.82, 2.24) is 0 Å². The van der Waals surface area contributed by atoms with E-state index < -0.39 is 5.41 Å². The first-order valence-electron chi connectivity index (χ1n) is 6.67. The first-order valence-corrected chi connectivity index (χ1v) is 7.43. The number of hydrogen-bond donors (Lipinski definition) is 1. The molecule has 0 aliphatic carbocycles. The molecule has 0 aliphatic rings. The van der Waals surface area contributed by atoms with Crippen LogP contribution in [0.15, 0.2) is 18.2 Å². The maximum Gasteiger partial charge on any atom is 0.244 e. The van der Waals surface area contributed by atoms with Gasteiger partial charge in [-0.1, -0.05) is 56.0 Å². The molecule has 20 heavy (non-hydrogen) atoms. The van der Waals surface area contributed by atoms with E-state index >= 15 is 0 Å². The molecular formula is C15H18Cl2N2O. The summed E-state index contributed by atoms with van der Waals surface area (Å²) in [6.45, 7) is 3.91. The average Bonchev–Trinajstić information content (AvgIpc) is 2.42. The van der Waals surface area contributed by atoms with Crippen LogP contribution in [0.4, 0.5) is 5.69 Å². The smallest absolute Gasteiger partial charge is 0.244 e. The molecule has 0 aromatic heterocycles. The molecular weight excluding hydrogens is 295 g/mol. The average molecular weight is 313 g/mol. The fraction of sp³-hybridized carbons (Fsp3) is 0.467. The number of nitrogens with zero attached hydrogens (tertiary/aromatic N) is 1.